The zero-order valence-corrected chi connectivity index (χ0v) is 13.2. The summed E-state index contributed by atoms with van der Waals surface area (Å²) in [5.41, 5.74) is 2.57. The second-order valence-electron chi connectivity index (χ2n) is 4.92. The minimum absolute atomic E-state index is 0.228. The molecule has 0 aliphatic heterocycles. The number of benzene rings is 1. The molecule has 0 aliphatic rings. The second kappa shape index (κ2) is 6.38. The molecule has 0 amide bonds. The lowest BCUT2D eigenvalue weighted by Gasteiger charge is -2.12. The third-order valence-corrected chi connectivity index (χ3v) is 4.82. The van der Waals surface area contributed by atoms with Gasteiger partial charge in [-0.25, -0.2) is 13.1 Å². The first-order valence-corrected chi connectivity index (χ1v) is 8.12. The summed E-state index contributed by atoms with van der Waals surface area (Å²) in [6, 6.07) is 5.31. The molecule has 0 bridgehead atoms. The third kappa shape index (κ3) is 3.69. The summed E-state index contributed by atoms with van der Waals surface area (Å²) in [7, 11) is 0.0941. The van der Waals surface area contributed by atoms with Crippen LogP contribution in [-0.2, 0) is 30.2 Å². The summed E-state index contributed by atoms with van der Waals surface area (Å²) in [4.78, 5) is 0.319. The molecule has 1 aromatic carbocycles. The predicted molar refractivity (Wildman–Crippen MR) is 81.2 cm³/mol. The summed E-state index contributed by atoms with van der Waals surface area (Å²) in [5, 5.41) is 7.06. The highest BCUT2D eigenvalue weighted by Gasteiger charge is 2.18. The van der Waals surface area contributed by atoms with E-state index < -0.39 is 10.0 Å². The molecule has 0 atom stereocenters. The number of nitrogens with zero attached hydrogens (tertiary/aromatic N) is 2. The molecule has 0 saturated carbocycles. The maximum absolute atomic E-state index is 12.4. The first-order valence-electron chi connectivity index (χ1n) is 6.64. The van der Waals surface area contributed by atoms with Gasteiger partial charge >= 0.3 is 0 Å². The molecule has 6 nitrogen and oxygen atoms in total. The minimum Gasteiger partial charge on any atom is -0.316 e. The zero-order chi connectivity index (χ0) is 15.5. The van der Waals surface area contributed by atoms with E-state index in [-0.39, 0.29) is 6.54 Å². The number of rotatable bonds is 6. The molecule has 0 spiro atoms. The van der Waals surface area contributed by atoms with Crippen molar-refractivity contribution < 1.29 is 8.42 Å². The van der Waals surface area contributed by atoms with Crippen molar-refractivity contribution in [1.29, 1.82) is 0 Å². The fourth-order valence-electron chi connectivity index (χ4n) is 2.15. The molecule has 1 aromatic heterocycles. The Morgan fingerprint density at radius 1 is 1.29 bits per heavy atom. The van der Waals surface area contributed by atoms with Gasteiger partial charge in [-0.15, -0.1) is 0 Å². The SMILES string of the molecule is CNCc1cccc(S(=O)(=O)NCc2cnn(C)c2)c1C. The highest BCUT2D eigenvalue weighted by molar-refractivity contribution is 7.89. The van der Waals surface area contributed by atoms with E-state index in [1.54, 1.807) is 36.3 Å². The Balaban J connectivity index is 2.21. The van der Waals surface area contributed by atoms with Gasteiger partial charge in [-0.1, -0.05) is 12.1 Å². The zero-order valence-electron chi connectivity index (χ0n) is 12.4. The highest BCUT2D eigenvalue weighted by Crippen LogP contribution is 2.19. The largest absolute Gasteiger partial charge is 0.316 e. The lowest BCUT2D eigenvalue weighted by Crippen LogP contribution is -2.24. The number of hydrogen-bond acceptors (Lipinski definition) is 4. The summed E-state index contributed by atoms with van der Waals surface area (Å²) in [5.74, 6) is 0. The summed E-state index contributed by atoms with van der Waals surface area (Å²) >= 11 is 0. The van der Waals surface area contributed by atoms with E-state index in [2.05, 4.69) is 15.1 Å². The predicted octanol–water partition coefficient (Wildman–Crippen LogP) is 0.926. The van der Waals surface area contributed by atoms with Gasteiger partial charge in [0.1, 0.15) is 0 Å². The van der Waals surface area contributed by atoms with Crippen molar-refractivity contribution in [1.82, 2.24) is 19.8 Å². The molecule has 7 heteroatoms. The number of hydrogen-bond donors (Lipinski definition) is 2. The van der Waals surface area contributed by atoms with Crippen molar-refractivity contribution in [2.75, 3.05) is 7.05 Å². The van der Waals surface area contributed by atoms with E-state index in [1.165, 1.54) is 0 Å². The monoisotopic (exact) mass is 308 g/mol. The molecule has 0 aliphatic carbocycles. The van der Waals surface area contributed by atoms with Crippen molar-refractivity contribution in [2.45, 2.75) is 24.9 Å². The van der Waals surface area contributed by atoms with Crippen LogP contribution in [0.2, 0.25) is 0 Å². The van der Waals surface area contributed by atoms with Gasteiger partial charge in [-0.05, 0) is 31.2 Å². The molecule has 0 fully saturated rings. The number of aryl methyl sites for hydroxylation is 1. The van der Waals surface area contributed by atoms with Crippen LogP contribution in [-0.4, -0.2) is 25.2 Å². The maximum atomic E-state index is 12.4. The van der Waals surface area contributed by atoms with Crippen LogP contribution in [0.5, 0.6) is 0 Å². The Kier molecular flexibility index (Phi) is 4.76. The Morgan fingerprint density at radius 2 is 2.05 bits per heavy atom. The molecule has 0 unspecified atom stereocenters. The molecular formula is C14H20N4O2S. The fraction of sp³-hybridized carbons (Fsp3) is 0.357. The van der Waals surface area contributed by atoms with Crippen LogP contribution in [0.1, 0.15) is 16.7 Å². The van der Waals surface area contributed by atoms with E-state index in [4.69, 9.17) is 0 Å². The molecule has 2 N–H and O–H groups in total. The van der Waals surface area contributed by atoms with Gasteiger partial charge in [-0.2, -0.15) is 5.10 Å². The Hall–Kier alpha value is -1.70. The van der Waals surface area contributed by atoms with E-state index in [9.17, 15) is 8.42 Å². The average molecular weight is 308 g/mol. The van der Waals surface area contributed by atoms with Gasteiger partial charge in [-0.3, -0.25) is 4.68 Å². The first kappa shape index (κ1) is 15.7. The lowest BCUT2D eigenvalue weighted by atomic mass is 10.1. The number of sulfonamides is 1. The van der Waals surface area contributed by atoms with E-state index >= 15 is 0 Å². The van der Waals surface area contributed by atoms with E-state index in [0.717, 1.165) is 16.7 Å². The van der Waals surface area contributed by atoms with Gasteiger partial charge in [0.05, 0.1) is 11.1 Å². The summed E-state index contributed by atoms with van der Waals surface area (Å²) in [6.07, 6.45) is 3.43. The van der Waals surface area contributed by atoms with Crippen molar-refractivity contribution in [3.05, 3.63) is 47.3 Å². The minimum atomic E-state index is -3.54. The molecule has 2 rings (SSSR count). The van der Waals surface area contributed by atoms with Gasteiger partial charge in [0.15, 0.2) is 0 Å². The molecule has 2 aromatic rings. The van der Waals surface area contributed by atoms with Crippen LogP contribution < -0.4 is 10.0 Å². The van der Waals surface area contributed by atoms with Gasteiger partial charge < -0.3 is 5.32 Å². The Bertz CT molecular complexity index is 722. The van der Waals surface area contributed by atoms with E-state index in [0.29, 0.717) is 11.4 Å². The van der Waals surface area contributed by atoms with Crippen LogP contribution in [0.3, 0.4) is 0 Å². The van der Waals surface area contributed by atoms with Crippen molar-refractivity contribution in [2.24, 2.45) is 7.05 Å². The molecule has 0 radical (unpaired) electrons. The molecule has 21 heavy (non-hydrogen) atoms. The van der Waals surface area contributed by atoms with Crippen LogP contribution in [0.15, 0.2) is 35.5 Å². The van der Waals surface area contributed by atoms with Gasteiger partial charge in [0, 0.05) is 31.9 Å². The second-order valence-corrected chi connectivity index (χ2v) is 6.65. The topological polar surface area (TPSA) is 76.0 Å². The van der Waals surface area contributed by atoms with Gasteiger partial charge in [0.2, 0.25) is 10.0 Å². The molecule has 1 heterocycles. The summed E-state index contributed by atoms with van der Waals surface area (Å²) in [6.45, 7) is 2.69. The van der Waals surface area contributed by atoms with Crippen LogP contribution in [0, 0.1) is 6.92 Å². The van der Waals surface area contributed by atoms with Crippen LogP contribution >= 0.6 is 0 Å². The van der Waals surface area contributed by atoms with E-state index in [1.807, 2.05) is 20.0 Å². The fourth-order valence-corrected chi connectivity index (χ4v) is 3.46. The molecular weight excluding hydrogens is 288 g/mol. The Labute approximate surface area is 125 Å². The van der Waals surface area contributed by atoms with Crippen LogP contribution in [0.4, 0.5) is 0 Å². The Morgan fingerprint density at radius 3 is 2.67 bits per heavy atom. The molecule has 114 valence electrons. The number of nitrogens with one attached hydrogen (secondary N) is 2. The molecule has 0 saturated heterocycles. The average Bonchev–Trinajstić information content (AvgIpc) is 2.85. The smallest absolute Gasteiger partial charge is 0.241 e. The normalized spacial score (nSPS) is 11.8. The van der Waals surface area contributed by atoms with Crippen LogP contribution in [0.25, 0.3) is 0 Å². The summed E-state index contributed by atoms with van der Waals surface area (Å²) < 4.78 is 29.1. The number of aromatic nitrogens is 2. The maximum Gasteiger partial charge on any atom is 0.241 e. The third-order valence-electron chi connectivity index (χ3n) is 3.28. The van der Waals surface area contributed by atoms with Crippen molar-refractivity contribution in [3.63, 3.8) is 0 Å². The van der Waals surface area contributed by atoms with Gasteiger partial charge in [0.25, 0.3) is 0 Å². The standard InChI is InChI=1S/C14H20N4O2S/c1-11-13(9-15-2)5-4-6-14(11)21(19,20)17-8-12-7-16-18(3)10-12/h4-7,10,15,17H,8-9H2,1-3H3. The first-order chi connectivity index (χ1) is 9.94. The quantitative estimate of drug-likeness (QED) is 0.832. The lowest BCUT2D eigenvalue weighted by molar-refractivity contribution is 0.580. The highest BCUT2D eigenvalue weighted by atomic mass is 32.2. The van der Waals surface area contributed by atoms with Crippen molar-refractivity contribution in [3.8, 4) is 0 Å². The van der Waals surface area contributed by atoms with Crippen molar-refractivity contribution >= 4 is 10.0 Å².